The number of fused-ring (bicyclic) bond motifs is 1. The molecule has 0 saturated carbocycles. The van der Waals surface area contributed by atoms with Gasteiger partial charge in [-0.05, 0) is 23.6 Å². The number of thiophene rings is 1. The van der Waals surface area contributed by atoms with Gasteiger partial charge in [-0.3, -0.25) is 0 Å². The topological polar surface area (TPSA) is 0 Å². The van der Waals surface area contributed by atoms with Crippen LogP contribution in [0.2, 0.25) is 0 Å². The zero-order chi connectivity index (χ0) is 9.10. The Morgan fingerprint density at radius 1 is 1.23 bits per heavy atom. The van der Waals surface area contributed by atoms with E-state index in [0.717, 1.165) is 0 Å². The molecule has 0 amide bonds. The maximum atomic E-state index is 3.65. The molecule has 64 valence electrons. The summed E-state index contributed by atoms with van der Waals surface area (Å²) < 4.78 is 1.34. The van der Waals surface area contributed by atoms with Crippen molar-refractivity contribution in [2.45, 2.75) is 0 Å². The van der Waals surface area contributed by atoms with Crippen LogP contribution in [0.15, 0.2) is 49.1 Å². The molecule has 1 aromatic carbocycles. The molecule has 0 N–H and O–H groups in total. The molecule has 0 bridgehead atoms. The highest BCUT2D eigenvalue weighted by molar-refractivity contribution is 7.19. The number of allylic oxidation sites excluding steroid dienone is 2. The minimum absolute atomic E-state index is 1.28. The van der Waals surface area contributed by atoms with Crippen LogP contribution in [0.4, 0.5) is 0 Å². The zero-order valence-electron chi connectivity index (χ0n) is 7.23. The van der Waals surface area contributed by atoms with Gasteiger partial charge in [0.05, 0.1) is 0 Å². The molecule has 0 unspecified atom stereocenters. The van der Waals surface area contributed by atoms with E-state index in [0.29, 0.717) is 0 Å². The summed E-state index contributed by atoms with van der Waals surface area (Å²) in [6, 6.07) is 10.6. The van der Waals surface area contributed by atoms with Gasteiger partial charge in [0, 0.05) is 9.58 Å². The first-order valence-electron chi connectivity index (χ1n) is 4.18. The van der Waals surface area contributed by atoms with Gasteiger partial charge in [0.15, 0.2) is 0 Å². The van der Waals surface area contributed by atoms with Gasteiger partial charge in [-0.15, -0.1) is 11.3 Å². The molecule has 1 aromatic heterocycles. The van der Waals surface area contributed by atoms with E-state index in [-0.39, 0.29) is 0 Å². The van der Waals surface area contributed by atoms with Crippen LogP contribution in [-0.2, 0) is 0 Å². The molecule has 1 heteroatoms. The fourth-order valence-corrected chi connectivity index (χ4v) is 2.23. The SMILES string of the molecule is C=CC=Cc1cc2ccccc2s1. The van der Waals surface area contributed by atoms with E-state index in [1.54, 1.807) is 17.4 Å². The quantitative estimate of drug-likeness (QED) is 0.619. The van der Waals surface area contributed by atoms with E-state index in [1.807, 2.05) is 6.08 Å². The smallest absolute Gasteiger partial charge is 0.0349 e. The lowest BCUT2D eigenvalue weighted by Crippen LogP contribution is -1.57. The Kier molecular flexibility index (Phi) is 2.28. The summed E-state index contributed by atoms with van der Waals surface area (Å²) >= 11 is 1.80. The molecule has 2 aromatic rings. The first-order valence-corrected chi connectivity index (χ1v) is 4.99. The number of hydrogen-bond acceptors (Lipinski definition) is 1. The zero-order valence-corrected chi connectivity index (χ0v) is 8.05. The van der Waals surface area contributed by atoms with Crippen LogP contribution in [0, 0.1) is 0 Å². The number of benzene rings is 1. The molecule has 0 aliphatic heterocycles. The normalized spacial score (nSPS) is 11.1. The summed E-state index contributed by atoms with van der Waals surface area (Å²) in [5.74, 6) is 0. The molecule has 1 heterocycles. The first kappa shape index (κ1) is 8.27. The molecule has 0 saturated heterocycles. The van der Waals surface area contributed by atoms with Crippen LogP contribution in [0.1, 0.15) is 4.88 Å². The van der Waals surface area contributed by atoms with Crippen molar-refractivity contribution in [2.75, 3.05) is 0 Å². The van der Waals surface area contributed by atoms with Crippen molar-refractivity contribution in [1.29, 1.82) is 0 Å². The third-order valence-corrected chi connectivity index (χ3v) is 2.92. The van der Waals surface area contributed by atoms with Gasteiger partial charge in [-0.1, -0.05) is 36.9 Å². The van der Waals surface area contributed by atoms with Crippen LogP contribution in [0.3, 0.4) is 0 Å². The Balaban J connectivity index is 2.49. The fourth-order valence-electron chi connectivity index (χ4n) is 1.25. The van der Waals surface area contributed by atoms with Crippen LogP contribution < -0.4 is 0 Å². The fraction of sp³-hybridized carbons (Fsp3) is 0. The second kappa shape index (κ2) is 3.58. The summed E-state index contributed by atoms with van der Waals surface area (Å²) in [7, 11) is 0. The molecule has 0 spiro atoms. The molecule has 13 heavy (non-hydrogen) atoms. The number of rotatable bonds is 2. The van der Waals surface area contributed by atoms with Crippen LogP contribution in [0.25, 0.3) is 16.2 Å². The summed E-state index contributed by atoms with van der Waals surface area (Å²) in [6.45, 7) is 3.65. The highest BCUT2D eigenvalue weighted by Crippen LogP contribution is 2.25. The highest BCUT2D eigenvalue weighted by atomic mass is 32.1. The third-order valence-electron chi connectivity index (χ3n) is 1.84. The largest absolute Gasteiger partial charge is 0.136 e. The van der Waals surface area contributed by atoms with Gasteiger partial charge in [-0.25, -0.2) is 0 Å². The van der Waals surface area contributed by atoms with Crippen molar-refractivity contribution >= 4 is 27.5 Å². The minimum Gasteiger partial charge on any atom is -0.136 e. The second-order valence-corrected chi connectivity index (χ2v) is 3.90. The van der Waals surface area contributed by atoms with Gasteiger partial charge in [0.25, 0.3) is 0 Å². The molecule has 0 fully saturated rings. The predicted molar refractivity (Wildman–Crippen MR) is 61.1 cm³/mol. The highest BCUT2D eigenvalue weighted by Gasteiger charge is 1.96. The van der Waals surface area contributed by atoms with Crippen LogP contribution in [0.5, 0.6) is 0 Å². The third kappa shape index (κ3) is 1.70. The molecule has 0 aliphatic carbocycles. The Hall–Kier alpha value is -1.34. The summed E-state index contributed by atoms with van der Waals surface area (Å²) in [5.41, 5.74) is 0. The predicted octanol–water partition coefficient (Wildman–Crippen LogP) is 4.10. The lowest BCUT2D eigenvalue weighted by molar-refractivity contribution is 1.85. The number of hydrogen-bond donors (Lipinski definition) is 0. The van der Waals surface area contributed by atoms with E-state index < -0.39 is 0 Å². The molecular formula is C12H10S. The maximum absolute atomic E-state index is 3.65. The lowest BCUT2D eigenvalue weighted by atomic mass is 10.2. The standard InChI is InChI=1S/C12H10S/c1-2-3-7-11-9-10-6-4-5-8-12(10)13-11/h2-9H,1H2. The average Bonchev–Trinajstić information content (AvgIpc) is 2.57. The van der Waals surface area contributed by atoms with Crippen LogP contribution >= 0.6 is 11.3 Å². The molecule has 0 radical (unpaired) electrons. The Morgan fingerprint density at radius 3 is 2.85 bits per heavy atom. The monoisotopic (exact) mass is 186 g/mol. The van der Waals surface area contributed by atoms with Crippen molar-refractivity contribution < 1.29 is 0 Å². The van der Waals surface area contributed by atoms with Crippen LogP contribution in [-0.4, -0.2) is 0 Å². The van der Waals surface area contributed by atoms with E-state index in [1.165, 1.54) is 15.0 Å². The van der Waals surface area contributed by atoms with Crippen molar-refractivity contribution in [3.05, 3.63) is 53.9 Å². The van der Waals surface area contributed by atoms with E-state index in [4.69, 9.17) is 0 Å². The first-order chi connectivity index (χ1) is 6.40. The van der Waals surface area contributed by atoms with Crippen molar-refractivity contribution in [1.82, 2.24) is 0 Å². The van der Waals surface area contributed by atoms with Gasteiger partial charge in [-0.2, -0.15) is 0 Å². The Bertz CT molecular complexity index is 416. The van der Waals surface area contributed by atoms with E-state index in [2.05, 4.69) is 43.0 Å². The van der Waals surface area contributed by atoms with Gasteiger partial charge in [0.1, 0.15) is 0 Å². The minimum atomic E-state index is 1.28. The van der Waals surface area contributed by atoms with Gasteiger partial charge >= 0.3 is 0 Å². The molecular weight excluding hydrogens is 176 g/mol. The summed E-state index contributed by atoms with van der Waals surface area (Å²) in [5, 5.41) is 1.32. The van der Waals surface area contributed by atoms with Gasteiger partial charge < -0.3 is 0 Å². The van der Waals surface area contributed by atoms with E-state index >= 15 is 0 Å². The average molecular weight is 186 g/mol. The molecule has 0 aliphatic rings. The Morgan fingerprint density at radius 2 is 2.08 bits per heavy atom. The van der Waals surface area contributed by atoms with Gasteiger partial charge in [0.2, 0.25) is 0 Å². The molecule has 2 rings (SSSR count). The maximum Gasteiger partial charge on any atom is 0.0349 e. The molecule has 0 atom stereocenters. The summed E-state index contributed by atoms with van der Waals surface area (Å²) in [4.78, 5) is 1.28. The second-order valence-electron chi connectivity index (χ2n) is 2.78. The van der Waals surface area contributed by atoms with Crippen molar-refractivity contribution in [3.8, 4) is 0 Å². The van der Waals surface area contributed by atoms with E-state index in [9.17, 15) is 0 Å². The summed E-state index contributed by atoms with van der Waals surface area (Å²) in [6.07, 6.45) is 5.84. The van der Waals surface area contributed by atoms with Crippen molar-refractivity contribution in [3.63, 3.8) is 0 Å². The Labute approximate surface area is 81.8 Å². The van der Waals surface area contributed by atoms with Crippen molar-refractivity contribution in [2.24, 2.45) is 0 Å². The lowest BCUT2D eigenvalue weighted by Gasteiger charge is -1.82. The molecule has 0 nitrogen and oxygen atoms in total.